The lowest BCUT2D eigenvalue weighted by atomic mass is 9.82. The predicted octanol–water partition coefficient (Wildman–Crippen LogP) is 5.99. The molecule has 274 valence electrons. The molecule has 8 rings (SSSR count). The third-order valence-corrected chi connectivity index (χ3v) is 14.0. The molecule has 4 aromatic carbocycles. The van der Waals surface area contributed by atoms with Crippen molar-refractivity contribution in [2.45, 2.75) is 69.2 Å². The van der Waals surface area contributed by atoms with Gasteiger partial charge in [-0.1, -0.05) is 55.5 Å². The third-order valence-electron chi connectivity index (χ3n) is 11.6. The topological polar surface area (TPSA) is 117 Å². The molecule has 0 aliphatic carbocycles. The summed E-state index contributed by atoms with van der Waals surface area (Å²) < 4.78 is 30.5. The fourth-order valence-electron chi connectivity index (χ4n) is 9.02. The van der Waals surface area contributed by atoms with Crippen molar-refractivity contribution in [2.24, 2.45) is 5.92 Å². The summed E-state index contributed by atoms with van der Waals surface area (Å²) in [5, 5.41) is 14.0. The Morgan fingerprint density at radius 1 is 1.02 bits per heavy atom. The highest BCUT2D eigenvalue weighted by atomic mass is 28.4. The number of rotatable bonds is 8. The molecule has 0 unspecified atom stereocenters. The van der Waals surface area contributed by atoms with Gasteiger partial charge in [-0.15, -0.1) is 0 Å². The van der Waals surface area contributed by atoms with E-state index in [1.165, 1.54) is 4.68 Å². The molecule has 1 aromatic heterocycles. The summed E-state index contributed by atoms with van der Waals surface area (Å²) in [5.74, 6) is -0.615. The van der Waals surface area contributed by atoms with Gasteiger partial charge in [0.2, 0.25) is 14.3 Å². The number of anilines is 1. The number of halogens is 1. The van der Waals surface area contributed by atoms with Crippen LogP contribution in [-0.2, 0) is 39.4 Å². The fraction of sp³-hybridized carbons (Fsp3) is 0.341. The largest absolute Gasteiger partial charge is 0.497 e. The van der Waals surface area contributed by atoms with E-state index in [0.29, 0.717) is 41.0 Å². The van der Waals surface area contributed by atoms with E-state index in [0.717, 1.165) is 22.2 Å². The van der Waals surface area contributed by atoms with Crippen molar-refractivity contribution in [3.05, 3.63) is 124 Å². The number of H-pyrrole nitrogens is 1. The highest BCUT2D eigenvalue weighted by molar-refractivity contribution is 6.72. The number of para-hydroxylation sites is 1. The summed E-state index contributed by atoms with van der Waals surface area (Å²) in [4.78, 5) is 45.5. The van der Waals surface area contributed by atoms with Crippen molar-refractivity contribution in [3.8, 4) is 11.4 Å². The zero-order valence-corrected chi connectivity index (χ0v) is 31.2. The number of hydrogen-bond donors (Lipinski definition) is 2. The molecule has 1 fully saturated rings. The maximum absolute atomic E-state index is 16.5. The van der Waals surface area contributed by atoms with E-state index in [-0.39, 0.29) is 36.9 Å². The number of benzene rings is 4. The first-order valence-corrected chi connectivity index (χ1v) is 21.0. The van der Waals surface area contributed by atoms with Crippen LogP contribution in [0.25, 0.3) is 16.6 Å². The summed E-state index contributed by atoms with van der Waals surface area (Å²) in [7, 11) is -1.99. The average Bonchev–Trinajstić information content (AvgIpc) is 3.74. The molecule has 5 atom stereocenters. The summed E-state index contributed by atoms with van der Waals surface area (Å²) in [6.07, 6.45) is -0.453. The number of amides is 2. The Kier molecular flexibility index (Phi) is 8.66. The average molecular weight is 735 g/mol. The number of nitrogens with one attached hydrogen (secondary N) is 1. The molecule has 1 spiro atoms. The molecule has 1 saturated heterocycles. The van der Waals surface area contributed by atoms with Gasteiger partial charge < -0.3 is 28.5 Å². The van der Waals surface area contributed by atoms with Crippen LogP contribution >= 0.6 is 0 Å². The minimum absolute atomic E-state index is 0.114. The van der Waals surface area contributed by atoms with Crippen LogP contribution in [0.3, 0.4) is 0 Å². The number of carbonyl (C=O) groups is 2. The fourth-order valence-corrected chi connectivity index (χ4v) is 11.5. The zero-order chi connectivity index (χ0) is 37.2. The minimum atomic E-state index is -3.55. The smallest absolute Gasteiger partial charge is 0.279 e. The number of carbonyl (C=O) groups excluding carboxylic acids is 2. The van der Waals surface area contributed by atoms with Crippen molar-refractivity contribution < 1.29 is 28.3 Å². The second-order valence-electron chi connectivity index (χ2n) is 15.0. The molecule has 2 N–H and O–H groups in total. The van der Waals surface area contributed by atoms with Crippen LogP contribution < -0.4 is 15.2 Å². The standard InChI is InChI=1S/C41H43FN4O6Si/c1-25-38(53(3,4)42)36(21-37(48)44-23-28-10-6-5-9-27(28)19-30(44)24-47)52-41(25)33-20-31(51-2)17-18-35(33)45(40(41)50)22-26-13-15-29(16-14-26)46-39(49)32-11-7-8-12-34(32)43-46/h5-18,20,25,30,36,38,43,47H,19,21-24H2,1-4H3/t25-,30+,36+,38-,41+/m1/s1. The highest BCUT2D eigenvalue weighted by Crippen LogP contribution is 2.60. The molecule has 4 heterocycles. The highest BCUT2D eigenvalue weighted by Gasteiger charge is 2.67. The Morgan fingerprint density at radius 2 is 1.74 bits per heavy atom. The molecule has 0 saturated carbocycles. The molecule has 10 nitrogen and oxygen atoms in total. The van der Waals surface area contributed by atoms with Gasteiger partial charge in [0.1, 0.15) is 5.75 Å². The predicted molar refractivity (Wildman–Crippen MR) is 202 cm³/mol. The van der Waals surface area contributed by atoms with E-state index in [9.17, 15) is 19.5 Å². The number of nitrogens with zero attached hydrogens (tertiary/aromatic N) is 3. The molecule has 0 bridgehead atoms. The monoisotopic (exact) mass is 734 g/mol. The van der Waals surface area contributed by atoms with Gasteiger partial charge >= 0.3 is 0 Å². The molecule has 53 heavy (non-hydrogen) atoms. The SMILES string of the molecule is COc1ccc2c(c1)[C@]1(O[C@@H](CC(=O)N3Cc4ccccc4C[C@H]3CO)[C@H]([Si](C)(C)F)[C@H]1C)C(=O)N2Cc1ccc(-n2[nH]c3ccccc3c2=O)cc1. The summed E-state index contributed by atoms with van der Waals surface area (Å²) in [6.45, 7) is 5.45. The molecule has 0 radical (unpaired) electrons. The molecule has 5 aromatic rings. The van der Waals surface area contributed by atoms with E-state index >= 15 is 4.11 Å². The van der Waals surface area contributed by atoms with Gasteiger partial charge in [0.05, 0.1) is 61.1 Å². The number of hydrogen-bond acceptors (Lipinski definition) is 6. The maximum Gasteiger partial charge on any atom is 0.279 e. The number of aliphatic hydroxyl groups excluding tert-OH is 1. The van der Waals surface area contributed by atoms with Crippen LogP contribution in [0.5, 0.6) is 5.75 Å². The maximum atomic E-state index is 16.5. The Labute approximate surface area is 307 Å². The first-order valence-electron chi connectivity index (χ1n) is 18.1. The number of aromatic nitrogens is 2. The van der Waals surface area contributed by atoms with E-state index < -0.39 is 37.6 Å². The Balaban J connectivity index is 1.11. The number of ether oxygens (including phenoxy) is 2. The molecule has 12 heteroatoms. The first-order chi connectivity index (χ1) is 25.4. The lowest BCUT2D eigenvalue weighted by molar-refractivity contribution is -0.151. The van der Waals surface area contributed by atoms with Crippen molar-refractivity contribution in [1.29, 1.82) is 0 Å². The van der Waals surface area contributed by atoms with Gasteiger partial charge in [-0.25, -0.2) is 4.68 Å². The van der Waals surface area contributed by atoms with Gasteiger partial charge in [-0.2, -0.15) is 0 Å². The van der Waals surface area contributed by atoms with Crippen LogP contribution in [0.2, 0.25) is 18.6 Å². The van der Waals surface area contributed by atoms with Crippen molar-refractivity contribution in [1.82, 2.24) is 14.7 Å². The van der Waals surface area contributed by atoms with Gasteiger partial charge in [0, 0.05) is 23.6 Å². The number of methoxy groups -OCH3 is 1. The number of aliphatic hydroxyl groups is 1. The summed E-state index contributed by atoms with van der Waals surface area (Å²) >= 11 is 0. The number of aromatic amines is 1. The Morgan fingerprint density at radius 3 is 2.43 bits per heavy atom. The third kappa shape index (κ3) is 5.71. The molecule has 3 aliphatic heterocycles. The van der Waals surface area contributed by atoms with Gasteiger partial charge in [-0.05, 0) is 78.7 Å². The van der Waals surface area contributed by atoms with E-state index in [4.69, 9.17) is 9.47 Å². The summed E-state index contributed by atoms with van der Waals surface area (Å²) in [6, 6.07) is 27.6. The quantitative estimate of drug-likeness (QED) is 0.150. The Hall–Kier alpha value is -5.04. The van der Waals surface area contributed by atoms with E-state index in [2.05, 4.69) is 5.10 Å². The molecular formula is C41H43FN4O6Si. The van der Waals surface area contributed by atoms with Crippen LogP contribution in [0.15, 0.2) is 95.8 Å². The first kappa shape index (κ1) is 35.0. The normalized spacial score (nSPS) is 23.8. The second-order valence-corrected chi connectivity index (χ2v) is 18.8. The van der Waals surface area contributed by atoms with Crippen LogP contribution in [0, 0.1) is 5.92 Å². The van der Waals surface area contributed by atoms with Gasteiger partial charge in [0.15, 0.2) is 5.60 Å². The van der Waals surface area contributed by atoms with Crippen molar-refractivity contribution in [3.63, 3.8) is 0 Å². The lowest BCUT2D eigenvalue weighted by Gasteiger charge is -2.37. The van der Waals surface area contributed by atoms with Gasteiger partial charge in [-0.3, -0.25) is 19.5 Å². The molecular weight excluding hydrogens is 692 g/mol. The van der Waals surface area contributed by atoms with Crippen molar-refractivity contribution in [2.75, 3.05) is 18.6 Å². The minimum Gasteiger partial charge on any atom is -0.497 e. The van der Waals surface area contributed by atoms with Gasteiger partial charge in [0.25, 0.3) is 11.5 Å². The summed E-state index contributed by atoms with van der Waals surface area (Å²) in [5.41, 5.74) is 3.18. The molecule has 3 aliphatic rings. The molecule has 2 amide bonds. The van der Waals surface area contributed by atoms with E-state index in [1.807, 2.05) is 79.7 Å². The number of fused-ring (bicyclic) bond motifs is 4. The lowest BCUT2D eigenvalue weighted by Crippen LogP contribution is -2.48. The second kappa shape index (κ2) is 13.1. The van der Waals surface area contributed by atoms with Crippen LogP contribution in [0.1, 0.15) is 35.6 Å². The van der Waals surface area contributed by atoms with E-state index in [1.54, 1.807) is 48.2 Å². The Bertz CT molecular complexity index is 2280. The zero-order valence-electron chi connectivity index (χ0n) is 30.2. The van der Waals surface area contributed by atoms with Crippen LogP contribution in [-0.4, -0.2) is 65.9 Å². The van der Waals surface area contributed by atoms with Crippen molar-refractivity contribution >= 4 is 36.8 Å². The van der Waals surface area contributed by atoms with Crippen LogP contribution in [0.4, 0.5) is 9.80 Å².